The third kappa shape index (κ3) is 3.33. The topological polar surface area (TPSA) is 79.2 Å². The lowest BCUT2D eigenvalue weighted by atomic mass is 10.2. The van der Waals surface area contributed by atoms with Gasteiger partial charge in [0, 0.05) is 6.04 Å². The number of H-pyrrole nitrogens is 1. The highest BCUT2D eigenvalue weighted by Gasteiger charge is 2.23. The van der Waals surface area contributed by atoms with Gasteiger partial charge in [-0.05, 0) is 45.9 Å². The number of aromatic nitrogens is 2. The number of amides is 1. The van der Waals surface area contributed by atoms with E-state index in [4.69, 9.17) is 4.42 Å². The SMILES string of the molecule is Cc1cc(C(=O)N(Cc2nc3ccccc3c(=O)[nH]2)C(C)C)c(C)o1. The lowest BCUT2D eigenvalue weighted by molar-refractivity contribution is 0.0683. The molecule has 0 aliphatic carbocycles. The number of rotatable bonds is 4. The predicted octanol–water partition coefficient (Wildman–Crippen LogP) is 3.18. The molecule has 0 radical (unpaired) electrons. The Balaban J connectivity index is 1.96. The van der Waals surface area contributed by atoms with Crippen LogP contribution in [0.25, 0.3) is 10.9 Å². The molecule has 1 amide bonds. The Morgan fingerprint density at radius 2 is 2.00 bits per heavy atom. The molecule has 6 heteroatoms. The summed E-state index contributed by atoms with van der Waals surface area (Å²) in [6.45, 7) is 7.67. The number of nitrogens with one attached hydrogen (secondary N) is 1. The van der Waals surface area contributed by atoms with Crippen molar-refractivity contribution in [3.05, 3.63) is 63.6 Å². The van der Waals surface area contributed by atoms with Crippen molar-refractivity contribution in [2.75, 3.05) is 0 Å². The fraction of sp³-hybridized carbons (Fsp3) is 0.316. The quantitative estimate of drug-likeness (QED) is 0.792. The van der Waals surface area contributed by atoms with E-state index in [1.54, 1.807) is 36.1 Å². The molecule has 3 aromatic rings. The molecule has 1 aromatic carbocycles. The molecule has 6 nitrogen and oxygen atoms in total. The summed E-state index contributed by atoms with van der Waals surface area (Å²) in [6.07, 6.45) is 0. The second-order valence-corrected chi connectivity index (χ2v) is 6.38. The van der Waals surface area contributed by atoms with E-state index < -0.39 is 0 Å². The van der Waals surface area contributed by atoms with Crippen molar-refractivity contribution in [1.82, 2.24) is 14.9 Å². The van der Waals surface area contributed by atoms with Crippen LogP contribution >= 0.6 is 0 Å². The Bertz CT molecular complexity index is 985. The molecule has 1 N–H and O–H groups in total. The van der Waals surface area contributed by atoms with Gasteiger partial charge in [0.05, 0.1) is 23.0 Å². The van der Waals surface area contributed by atoms with Crippen molar-refractivity contribution in [3.63, 3.8) is 0 Å². The molecule has 0 bridgehead atoms. The maximum Gasteiger partial charge on any atom is 0.258 e. The van der Waals surface area contributed by atoms with Crippen molar-refractivity contribution < 1.29 is 9.21 Å². The number of carbonyl (C=O) groups is 1. The van der Waals surface area contributed by atoms with E-state index in [0.29, 0.717) is 33.8 Å². The van der Waals surface area contributed by atoms with Gasteiger partial charge in [0.2, 0.25) is 0 Å². The second-order valence-electron chi connectivity index (χ2n) is 6.38. The van der Waals surface area contributed by atoms with Gasteiger partial charge in [-0.15, -0.1) is 0 Å². The zero-order valence-electron chi connectivity index (χ0n) is 14.8. The van der Waals surface area contributed by atoms with Crippen LogP contribution in [-0.4, -0.2) is 26.8 Å². The first-order chi connectivity index (χ1) is 11.9. The van der Waals surface area contributed by atoms with Gasteiger partial charge in [0.1, 0.15) is 17.3 Å². The Hall–Kier alpha value is -2.89. The van der Waals surface area contributed by atoms with Crippen LogP contribution in [0.4, 0.5) is 0 Å². The van der Waals surface area contributed by atoms with Crippen LogP contribution in [-0.2, 0) is 6.54 Å². The third-order valence-electron chi connectivity index (χ3n) is 4.14. The monoisotopic (exact) mass is 339 g/mol. The van der Waals surface area contributed by atoms with E-state index in [1.807, 2.05) is 26.8 Å². The Morgan fingerprint density at radius 3 is 2.64 bits per heavy atom. The number of hydrogen-bond acceptors (Lipinski definition) is 4. The molecule has 130 valence electrons. The average Bonchev–Trinajstić information content (AvgIpc) is 2.90. The van der Waals surface area contributed by atoms with E-state index in [-0.39, 0.29) is 24.1 Å². The maximum absolute atomic E-state index is 12.9. The highest BCUT2D eigenvalue weighted by atomic mass is 16.3. The molecule has 0 unspecified atom stereocenters. The second kappa shape index (κ2) is 6.55. The van der Waals surface area contributed by atoms with Gasteiger partial charge in [-0.25, -0.2) is 4.98 Å². The Kier molecular flexibility index (Phi) is 4.44. The number of hydrogen-bond donors (Lipinski definition) is 1. The molecule has 0 atom stereocenters. The number of carbonyl (C=O) groups excluding carboxylic acids is 1. The highest BCUT2D eigenvalue weighted by Crippen LogP contribution is 2.19. The van der Waals surface area contributed by atoms with Crippen LogP contribution in [0.2, 0.25) is 0 Å². The minimum Gasteiger partial charge on any atom is -0.466 e. The molecule has 0 saturated heterocycles. The molecule has 2 aromatic heterocycles. The zero-order valence-corrected chi connectivity index (χ0v) is 14.8. The molecule has 0 saturated carbocycles. The first kappa shape index (κ1) is 17.0. The molecular formula is C19H21N3O3. The fourth-order valence-electron chi connectivity index (χ4n) is 2.86. The summed E-state index contributed by atoms with van der Waals surface area (Å²) in [5.41, 5.74) is 0.953. The van der Waals surface area contributed by atoms with Gasteiger partial charge in [0.25, 0.3) is 11.5 Å². The minimum atomic E-state index is -0.202. The zero-order chi connectivity index (χ0) is 18.1. The first-order valence-electron chi connectivity index (χ1n) is 8.22. The molecular weight excluding hydrogens is 318 g/mol. The summed E-state index contributed by atoms with van der Waals surface area (Å²) in [7, 11) is 0. The molecule has 3 rings (SSSR count). The van der Waals surface area contributed by atoms with Crippen LogP contribution in [0.1, 0.15) is 41.6 Å². The number of nitrogens with zero attached hydrogens (tertiary/aromatic N) is 2. The number of para-hydroxylation sites is 1. The van der Waals surface area contributed by atoms with Crippen LogP contribution in [0.3, 0.4) is 0 Å². The molecule has 2 heterocycles. The summed E-state index contributed by atoms with van der Waals surface area (Å²) in [4.78, 5) is 34.1. The minimum absolute atomic E-state index is 0.0566. The van der Waals surface area contributed by atoms with E-state index >= 15 is 0 Å². The lowest BCUT2D eigenvalue weighted by Crippen LogP contribution is -2.37. The van der Waals surface area contributed by atoms with Gasteiger partial charge in [-0.2, -0.15) is 0 Å². The standard InChI is InChI=1S/C19H21N3O3/c1-11(2)22(19(24)15-9-12(3)25-13(15)4)10-17-20-16-8-6-5-7-14(16)18(23)21-17/h5-9,11H,10H2,1-4H3,(H,20,21,23). The van der Waals surface area contributed by atoms with Gasteiger partial charge < -0.3 is 14.3 Å². The molecule has 0 fully saturated rings. The van der Waals surface area contributed by atoms with Crippen LogP contribution in [0, 0.1) is 13.8 Å². The summed E-state index contributed by atoms with van der Waals surface area (Å²) in [6, 6.07) is 8.84. The van der Waals surface area contributed by atoms with Crippen molar-refractivity contribution >= 4 is 16.8 Å². The Morgan fingerprint density at radius 1 is 1.28 bits per heavy atom. The number of benzene rings is 1. The molecule has 0 aliphatic rings. The van der Waals surface area contributed by atoms with Gasteiger partial charge in [0.15, 0.2) is 0 Å². The van der Waals surface area contributed by atoms with E-state index in [9.17, 15) is 9.59 Å². The third-order valence-corrected chi connectivity index (χ3v) is 4.14. The molecule has 25 heavy (non-hydrogen) atoms. The van der Waals surface area contributed by atoms with E-state index in [0.717, 1.165) is 0 Å². The summed E-state index contributed by atoms with van der Waals surface area (Å²) < 4.78 is 5.47. The average molecular weight is 339 g/mol. The largest absolute Gasteiger partial charge is 0.466 e. The number of aryl methyl sites for hydroxylation is 2. The van der Waals surface area contributed by atoms with Crippen molar-refractivity contribution in [1.29, 1.82) is 0 Å². The van der Waals surface area contributed by atoms with E-state index in [1.165, 1.54) is 0 Å². The van der Waals surface area contributed by atoms with Crippen molar-refractivity contribution in [2.24, 2.45) is 0 Å². The number of furan rings is 1. The van der Waals surface area contributed by atoms with E-state index in [2.05, 4.69) is 9.97 Å². The summed E-state index contributed by atoms with van der Waals surface area (Å²) >= 11 is 0. The van der Waals surface area contributed by atoms with Gasteiger partial charge >= 0.3 is 0 Å². The van der Waals surface area contributed by atoms with Crippen molar-refractivity contribution in [2.45, 2.75) is 40.3 Å². The summed E-state index contributed by atoms with van der Waals surface area (Å²) in [5.74, 6) is 1.61. The molecule has 0 spiro atoms. The lowest BCUT2D eigenvalue weighted by Gasteiger charge is -2.26. The Labute approximate surface area is 145 Å². The van der Waals surface area contributed by atoms with Gasteiger partial charge in [-0.3, -0.25) is 9.59 Å². The van der Waals surface area contributed by atoms with Crippen molar-refractivity contribution in [3.8, 4) is 0 Å². The number of aromatic amines is 1. The van der Waals surface area contributed by atoms with Crippen LogP contribution < -0.4 is 5.56 Å². The molecule has 0 aliphatic heterocycles. The summed E-state index contributed by atoms with van der Waals surface area (Å²) in [5, 5.41) is 0.537. The van der Waals surface area contributed by atoms with Crippen LogP contribution in [0.15, 0.2) is 39.5 Å². The van der Waals surface area contributed by atoms with Crippen LogP contribution in [0.5, 0.6) is 0 Å². The fourth-order valence-corrected chi connectivity index (χ4v) is 2.86. The predicted molar refractivity (Wildman–Crippen MR) is 95.6 cm³/mol. The highest BCUT2D eigenvalue weighted by molar-refractivity contribution is 5.95. The maximum atomic E-state index is 12.9. The normalized spacial score (nSPS) is 11.2. The number of fused-ring (bicyclic) bond motifs is 1. The smallest absolute Gasteiger partial charge is 0.258 e. The van der Waals surface area contributed by atoms with Gasteiger partial charge in [-0.1, -0.05) is 12.1 Å². The first-order valence-corrected chi connectivity index (χ1v) is 8.22.